The molecule has 0 aromatic heterocycles. The van der Waals surface area contributed by atoms with Crippen LogP contribution in [0.15, 0.2) is 42.5 Å². The van der Waals surface area contributed by atoms with E-state index in [9.17, 15) is 0 Å². The average Bonchev–Trinajstić information content (AvgIpc) is 2.62. The molecule has 0 bridgehead atoms. The molecule has 0 fully saturated rings. The molecule has 2 aromatic rings. The zero-order valence-corrected chi connectivity index (χ0v) is 15.8. The van der Waals surface area contributed by atoms with Gasteiger partial charge in [0.15, 0.2) is 11.5 Å². The Morgan fingerprint density at radius 1 is 0.720 bits per heavy atom. The third-order valence-corrected chi connectivity index (χ3v) is 4.26. The van der Waals surface area contributed by atoms with Gasteiger partial charge in [0.05, 0.1) is 21.3 Å². The summed E-state index contributed by atoms with van der Waals surface area (Å²) in [5.74, 6) is 2.43. The average molecular weight is 343 g/mol. The number of benzene rings is 2. The molecule has 0 saturated carbocycles. The van der Waals surface area contributed by atoms with E-state index >= 15 is 0 Å². The summed E-state index contributed by atoms with van der Waals surface area (Å²) < 4.78 is 15.9. The van der Waals surface area contributed by atoms with Crippen molar-refractivity contribution in [2.24, 2.45) is 0 Å². The number of methoxy groups -OCH3 is 3. The second kappa shape index (κ2) is 9.33. The summed E-state index contributed by atoms with van der Waals surface area (Å²) in [4.78, 5) is 0. The summed E-state index contributed by atoms with van der Waals surface area (Å²) in [7, 11) is 5.01. The van der Waals surface area contributed by atoms with Gasteiger partial charge in [0, 0.05) is 12.1 Å². The molecular formula is C21H29NO3. The number of ether oxygens (including phenoxy) is 3. The molecule has 0 radical (unpaired) electrons. The highest BCUT2D eigenvalue weighted by atomic mass is 16.5. The van der Waals surface area contributed by atoms with E-state index in [-0.39, 0.29) is 0 Å². The molecule has 0 spiro atoms. The normalized spacial score (nSPS) is 13.2. The van der Waals surface area contributed by atoms with Crippen molar-refractivity contribution in [2.45, 2.75) is 38.8 Å². The summed E-state index contributed by atoms with van der Waals surface area (Å²) in [6.45, 7) is 4.43. The molecule has 0 aliphatic rings. The zero-order valence-electron chi connectivity index (χ0n) is 15.8. The van der Waals surface area contributed by atoms with Crippen molar-refractivity contribution in [2.75, 3.05) is 21.3 Å². The Bertz CT molecular complexity index is 655. The van der Waals surface area contributed by atoms with Gasteiger partial charge in [0.25, 0.3) is 0 Å². The van der Waals surface area contributed by atoms with Crippen LogP contribution in [0.25, 0.3) is 0 Å². The van der Waals surface area contributed by atoms with Crippen molar-refractivity contribution in [3.63, 3.8) is 0 Å². The molecule has 4 nitrogen and oxygen atoms in total. The molecule has 0 saturated heterocycles. The maximum atomic E-state index is 5.38. The Labute approximate surface area is 151 Å². The predicted octanol–water partition coefficient (Wildman–Crippen LogP) is 3.86. The lowest BCUT2D eigenvalue weighted by Crippen LogP contribution is -2.37. The van der Waals surface area contributed by atoms with Crippen molar-refractivity contribution in [3.8, 4) is 17.2 Å². The highest BCUT2D eigenvalue weighted by molar-refractivity contribution is 5.43. The van der Waals surface area contributed by atoms with Crippen molar-refractivity contribution in [3.05, 3.63) is 53.6 Å². The minimum absolute atomic E-state index is 0.367. The minimum atomic E-state index is 0.367. The van der Waals surface area contributed by atoms with Gasteiger partial charge in [-0.3, -0.25) is 0 Å². The van der Waals surface area contributed by atoms with Crippen LogP contribution in [-0.2, 0) is 12.8 Å². The maximum absolute atomic E-state index is 5.38. The van der Waals surface area contributed by atoms with Gasteiger partial charge in [-0.2, -0.15) is 0 Å². The predicted molar refractivity (Wildman–Crippen MR) is 102 cm³/mol. The van der Waals surface area contributed by atoms with E-state index in [1.54, 1.807) is 21.3 Å². The van der Waals surface area contributed by atoms with E-state index < -0.39 is 0 Å². The summed E-state index contributed by atoms with van der Waals surface area (Å²) in [5.41, 5.74) is 2.54. The van der Waals surface area contributed by atoms with E-state index in [4.69, 9.17) is 14.2 Å². The highest BCUT2D eigenvalue weighted by Crippen LogP contribution is 2.28. The van der Waals surface area contributed by atoms with E-state index in [1.165, 1.54) is 11.1 Å². The zero-order chi connectivity index (χ0) is 18.2. The van der Waals surface area contributed by atoms with Gasteiger partial charge < -0.3 is 19.5 Å². The van der Waals surface area contributed by atoms with Crippen LogP contribution in [0, 0.1) is 0 Å². The van der Waals surface area contributed by atoms with Crippen LogP contribution in [0.5, 0.6) is 17.2 Å². The fraction of sp³-hybridized carbons (Fsp3) is 0.429. The van der Waals surface area contributed by atoms with Gasteiger partial charge in [-0.25, -0.2) is 0 Å². The third-order valence-electron chi connectivity index (χ3n) is 4.26. The molecule has 2 atom stereocenters. The smallest absolute Gasteiger partial charge is 0.160 e. The summed E-state index contributed by atoms with van der Waals surface area (Å²) in [6.07, 6.45) is 1.92. The maximum Gasteiger partial charge on any atom is 0.160 e. The van der Waals surface area contributed by atoms with Crippen molar-refractivity contribution in [1.82, 2.24) is 5.32 Å². The number of hydrogen-bond donors (Lipinski definition) is 1. The molecule has 4 heteroatoms. The van der Waals surface area contributed by atoms with Crippen LogP contribution in [-0.4, -0.2) is 33.4 Å². The molecule has 0 heterocycles. The molecule has 136 valence electrons. The monoisotopic (exact) mass is 343 g/mol. The molecule has 1 N–H and O–H groups in total. The number of nitrogens with one attached hydrogen (secondary N) is 1. The summed E-state index contributed by atoms with van der Waals surface area (Å²) >= 11 is 0. The Morgan fingerprint density at radius 2 is 1.28 bits per heavy atom. The Hall–Kier alpha value is -2.20. The van der Waals surface area contributed by atoms with Gasteiger partial charge in [0.2, 0.25) is 0 Å². The second-order valence-electron chi connectivity index (χ2n) is 6.41. The Morgan fingerprint density at radius 3 is 1.84 bits per heavy atom. The molecule has 2 rings (SSSR count). The van der Waals surface area contributed by atoms with Crippen LogP contribution in [0.1, 0.15) is 25.0 Å². The van der Waals surface area contributed by atoms with Gasteiger partial charge in [-0.1, -0.05) is 18.2 Å². The first-order valence-electron chi connectivity index (χ1n) is 8.65. The quantitative estimate of drug-likeness (QED) is 0.750. The number of hydrogen-bond acceptors (Lipinski definition) is 4. The molecule has 0 aliphatic heterocycles. The van der Waals surface area contributed by atoms with Crippen molar-refractivity contribution >= 4 is 0 Å². The molecule has 0 amide bonds. The number of rotatable bonds is 9. The fourth-order valence-electron chi connectivity index (χ4n) is 3.08. The van der Waals surface area contributed by atoms with Crippen LogP contribution in [0.2, 0.25) is 0 Å². The van der Waals surface area contributed by atoms with E-state index in [1.807, 2.05) is 24.3 Å². The van der Waals surface area contributed by atoms with Crippen LogP contribution in [0.4, 0.5) is 0 Å². The highest BCUT2D eigenvalue weighted by Gasteiger charge is 2.11. The molecule has 2 aromatic carbocycles. The Kier molecular flexibility index (Phi) is 7.14. The topological polar surface area (TPSA) is 39.7 Å². The second-order valence-corrected chi connectivity index (χ2v) is 6.41. The van der Waals surface area contributed by atoms with Gasteiger partial charge in [-0.05, 0) is 62.1 Å². The van der Waals surface area contributed by atoms with Crippen LogP contribution >= 0.6 is 0 Å². The van der Waals surface area contributed by atoms with Gasteiger partial charge >= 0.3 is 0 Å². The lowest BCUT2D eigenvalue weighted by molar-refractivity contribution is 0.354. The Balaban J connectivity index is 1.89. The third kappa shape index (κ3) is 5.68. The van der Waals surface area contributed by atoms with Crippen LogP contribution < -0.4 is 19.5 Å². The largest absolute Gasteiger partial charge is 0.497 e. The molecule has 25 heavy (non-hydrogen) atoms. The first-order valence-corrected chi connectivity index (χ1v) is 8.65. The van der Waals surface area contributed by atoms with E-state index in [0.717, 1.165) is 30.1 Å². The fourth-order valence-corrected chi connectivity index (χ4v) is 3.08. The summed E-state index contributed by atoms with van der Waals surface area (Å²) in [6, 6.07) is 15.1. The lowest BCUT2D eigenvalue weighted by Gasteiger charge is -2.21. The SMILES string of the molecule is COc1ccc(C[C@H](C)N[C@@H](C)Cc2ccc(OC)c(OC)c2)cc1. The van der Waals surface area contributed by atoms with Crippen molar-refractivity contribution in [1.29, 1.82) is 0 Å². The molecule has 0 unspecified atom stereocenters. The molecule has 0 aliphatic carbocycles. The van der Waals surface area contributed by atoms with Gasteiger partial charge in [-0.15, -0.1) is 0 Å². The van der Waals surface area contributed by atoms with Crippen molar-refractivity contribution < 1.29 is 14.2 Å². The standard InChI is InChI=1S/C21H29NO3/c1-15(12-17-6-9-19(23-3)10-7-17)22-16(2)13-18-8-11-20(24-4)21(14-18)25-5/h6-11,14-16,22H,12-13H2,1-5H3/t15-,16-/m0/s1. The van der Waals surface area contributed by atoms with E-state index in [0.29, 0.717) is 12.1 Å². The first-order chi connectivity index (χ1) is 12.0. The summed E-state index contributed by atoms with van der Waals surface area (Å²) in [5, 5.41) is 3.67. The first kappa shape index (κ1) is 19.1. The van der Waals surface area contributed by atoms with Crippen LogP contribution in [0.3, 0.4) is 0 Å². The minimum Gasteiger partial charge on any atom is -0.497 e. The van der Waals surface area contributed by atoms with E-state index in [2.05, 4.69) is 37.4 Å². The van der Waals surface area contributed by atoms with Gasteiger partial charge in [0.1, 0.15) is 5.75 Å². The molecular weight excluding hydrogens is 314 g/mol. The lowest BCUT2D eigenvalue weighted by atomic mass is 10.0.